The topological polar surface area (TPSA) is 97.8 Å². The summed E-state index contributed by atoms with van der Waals surface area (Å²) in [6, 6.07) is 11.5. The van der Waals surface area contributed by atoms with Gasteiger partial charge in [-0.15, -0.1) is 11.3 Å². The van der Waals surface area contributed by atoms with Crippen molar-refractivity contribution in [1.82, 2.24) is 19.9 Å². The molecule has 8 heteroatoms. The first kappa shape index (κ1) is 21.7. The highest BCUT2D eigenvalue weighted by Gasteiger charge is 2.23. The highest BCUT2D eigenvalue weighted by molar-refractivity contribution is 7.59. The Kier molecular flexibility index (Phi) is 6.08. The van der Waals surface area contributed by atoms with E-state index in [1.807, 2.05) is 43.3 Å². The number of aromatic nitrogens is 4. The summed E-state index contributed by atoms with van der Waals surface area (Å²) in [5, 5.41) is 11.2. The van der Waals surface area contributed by atoms with Crippen molar-refractivity contribution in [2.45, 2.75) is 26.4 Å². The van der Waals surface area contributed by atoms with Crippen molar-refractivity contribution in [3.63, 3.8) is 0 Å². The Morgan fingerprint density at radius 2 is 1.90 bits per heavy atom. The molecule has 0 amide bonds. The Morgan fingerprint density at radius 3 is 2.63 bits per heavy atom. The van der Waals surface area contributed by atoms with Crippen molar-refractivity contribution in [3.05, 3.63) is 63.9 Å². The van der Waals surface area contributed by atoms with Crippen LogP contribution in [0.25, 0.3) is 22.3 Å². The van der Waals surface area contributed by atoms with E-state index in [2.05, 4.69) is 31.8 Å². The second kappa shape index (κ2) is 8.40. The summed E-state index contributed by atoms with van der Waals surface area (Å²) in [6.07, 6.45) is 1.74. The lowest BCUT2D eigenvalue weighted by atomic mass is 10.1. The maximum absolute atomic E-state index is 10.7. The summed E-state index contributed by atoms with van der Waals surface area (Å²) >= 11 is 1.44. The molecule has 3 heterocycles. The fraction of sp³-hybridized carbons (Fsp3) is 0.182. The van der Waals surface area contributed by atoms with E-state index in [4.69, 9.17) is 5.73 Å². The number of nitrogens with zero attached hydrogens (tertiary/aromatic N) is 4. The summed E-state index contributed by atoms with van der Waals surface area (Å²) in [4.78, 5) is 18.5. The first-order valence-electron chi connectivity index (χ1n) is 9.01. The van der Waals surface area contributed by atoms with E-state index in [0.29, 0.717) is 27.7 Å². The molecule has 3 aromatic heterocycles. The average Bonchev–Trinajstić information content (AvgIpc) is 3.14. The van der Waals surface area contributed by atoms with Crippen LogP contribution in [0.3, 0.4) is 0 Å². The lowest BCUT2D eigenvalue weighted by Crippen LogP contribution is -2.17. The highest BCUT2D eigenvalue weighted by atomic mass is 32.1. The molecule has 0 saturated carbocycles. The average molecular weight is 436 g/mol. The minimum absolute atomic E-state index is 0. The Morgan fingerprint density at radius 1 is 1.10 bits per heavy atom. The molecule has 0 aliphatic heterocycles. The molecule has 0 radical (unpaired) electrons. The van der Waals surface area contributed by atoms with Crippen LogP contribution < -0.4 is 5.73 Å². The van der Waals surface area contributed by atoms with Gasteiger partial charge in [-0.05, 0) is 45.0 Å². The van der Waals surface area contributed by atoms with Crippen molar-refractivity contribution in [2.24, 2.45) is 0 Å². The number of thiazole rings is 1. The Balaban J connectivity index is 0.00000256. The van der Waals surface area contributed by atoms with E-state index in [1.54, 1.807) is 20.0 Å². The van der Waals surface area contributed by atoms with Gasteiger partial charge < -0.3 is 10.8 Å². The largest absolute Gasteiger partial charge is 0.382 e. The quantitative estimate of drug-likeness (QED) is 0.466. The number of nitrogens with two attached hydrogens (primary N) is 1. The normalized spacial score (nSPS) is 12.5. The Hall–Kier alpha value is -2.99. The van der Waals surface area contributed by atoms with Gasteiger partial charge in [0.2, 0.25) is 0 Å². The molecule has 0 spiro atoms. The van der Waals surface area contributed by atoms with E-state index < -0.39 is 5.60 Å². The van der Waals surface area contributed by atoms with E-state index in [0.717, 1.165) is 21.7 Å². The fourth-order valence-electron chi connectivity index (χ4n) is 2.90. The number of anilines is 1. The van der Waals surface area contributed by atoms with E-state index in [1.165, 1.54) is 11.3 Å². The lowest BCUT2D eigenvalue weighted by Gasteiger charge is -2.12. The van der Waals surface area contributed by atoms with Crippen LogP contribution in [-0.4, -0.2) is 25.0 Å². The van der Waals surface area contributed by atoms with Gasteiger partial charge in [-0.25, -0.2) is 19.9 Å². The van der Waals surface area contributed by atoms with Crippen molar-refractivity contribution < 1.29 is 5.11 Å². The molecule has 4 rings (SSSR count). The first-order valence-corrected chi connectivity index (χ1v) is 9.83. The number of rotatable bonds is 2. The van der Waals surface area contributed by atoms with Crippen molar-refractivity contribution in [1.29, 1.82) is 0 Å². The fourth-order valence-corrected chi connectivity index (χ4v) is 3.67. The molecule has 0 aliphatic carbocycles. The monoisotopic (exact) mass is 435 g/mol. The second-order valence-electron chi connectivity index (χ2n) is 6.90. The van der Waals surface area contributed by atoms with Crippen molar-refractivity contribution in [2.75, 3.05) is 5.73 Å². The number of hydrogen-bond acceptors (Lipinski definition) is 7. The Labute approximate surface area is 185 Å². The maximum Gasteiger partial charge on any atom is 0.174 e. The number of pyridine rings is 1. The number of aryl methyl sites for hydroxylation is 2. The molecule has 0 unspecified atom stereocenters. The highest BCUT2D eigenvalue weighted by Crippen LogP contribution is 2.26. The molecular formula is C22H21N5OS2. The number of benzene rings is 1. The smallest absolute Gasteiger partial charge is 0.174 e. The minimum Gasteiger partial charge on any atom is -0.382 e. The van der Waals surface area contributed by atoms with Gasteiger partial charge in [0, 0.05) is 22.2 Å². The van der Waals surface area contributed by atoms with Crippen LogP contribution in [-0.2, 0) is 5.60 Å². The minimum atomic E-state index is -1.31. The molecular weight excluding hydrogens is 414 g/mol. The molecule has 1 aromatic carbocycles. The van der Waals surface area contributed by atoms with Crippen LogP contribution in [0.5, 0.6) is 0 Å². The number of hydrogen-bond donors (Lipinski definition) is 2. The summed E-state index contributed by atoms with van der Waals surface area (Å²) in [7, 11) is 0. The van der Waals surface area contributed by atoms with E-state index >= 15 is 0 Å². The van der Waals surface area contributed by atoms with Crippen LogP contribution >= 0.6 is 24.8 Å². The zero-order valence-corrected chi connectivity index (χ0v) is 18.6. The molecule has 0 saturated heterocycles. The van der Waals surface area contributed by atoms with Gasteiger partial charge in [0.1, 0.15) is 16.3 Å². The maximum atomic E-state index is 10.7. The lowest BCUT2D eigenvalue weighted by molar-refractivity contribution is 0.122. The van der Waals surface area contributed by atoms with Crippen LogP contribution in [0.1, 0.15) is 28.2 Å². The molecule has 1 atom stereocenters. The van der Waals surface area contributed by atoms with Crippen molar-refractivity contribution in [3.8, 4) is 23.1 Å². The summed E-state index contributed by atoms with van der Waals surface area (Å²) in [5.74, 6) is 6.95. The molecule has 4 aromatic rings. The third kappa shape index (κ3) is 4.44. The van der Waals surface area contributed by atoms with E-state index in [9.17, 15) is 5.11 Å². The van der Waals surface area contributed by atoms with Gasteiger partial charge in [0.25, 0.3) is 0 Å². The van der Waals surface area contributed by atoms with Crippen LogP contribution in [0.15, 0.2) is 42.6 Å². The van der Waals surface area contributed by atoms with Gasteiger partial charge >= 0.3 is 0 Å². The number of aliphatic hydroxyl groups is 1. The number of fused-ring (bicyclic) bond motifs is 1. The zero-order valence-electron chi connectivity index (χ0n) is 16.8. The van der Waals surface area contributed by atoms with Gasteiger partial charge in [0.15, 0.2) is 11.4 Å². The van der Waals surface area contributed by atoms with Gasteiger partial charge in [-0.1, -0.05) is 24.0 Å². The molecule has 0 aliphatic rings. The zero-order chi connectivity index (χ0) is 20.6. The van der Waals surface area contributed by atoms with Crippen LogP contribution in [0.2, 0.25) is 0 Å². The van der Waals surface area contributed by atoms with Crippen molar-refractivity contribution >= 4 is 41.7 Å². The first-order chi connectivity index (χ1) is 13.8. The molecule has 3 N–H and O–H groups in total. The summed E-state index contributed by atoms with van der Waals surface area (Å²) in [5.41, 5.74) is 8.41. The molecule has 0 fully saturated rings. The SMILES string of the molecule is Cc1nc(N)c2nc(-c3cccc(C#C[C@](C)(O)c4ncc(C)s4)c3)ccc2n1.S. The van der Waals surface area contributed by atoms with E-state index in [-0.39, 0.29) is 13.5 Å². The molecule has 30 heavy (non-hydrogen) atoms. The molecule has 6 nitrogen and oxygen atoms in total. The summed E-state index contributed by atoms with van der Waals surface area (Å²) in [6.45, 7) is 5.40. The number of nitrogen functional groups attached to an aromatic ring is 1. The van der Waals surface area contributed by atoms with Crippen LogP contribution in [0, 0.1) is 25.7 Å². The third-order valence-corrected chi connectivity index (χ3v) is 5.45. The predicted octanol–water partition coefficient (Wildman–Crippen LogP) is 3.72. The van der Waals surface area contributed by atoms with Gasteiger partial charge in [-0.2, -0.15) is 13.5 Å². The molecule has 0 bridgehead atoms. The second-order valence-corrected chi connectivity index (χ2v) is 8.13. The summed E-state index contributed by atoms with van der Waals surface area (Å²) < 4.78 is 0. The molecule has 152 valence electrons. The standard InChI is InChI=1S/C22H19N5OS.H2S/c1-13-12-24-21(29-13)22(3,28)10-9-15-5-4-6-16(11-15)17-7-8-18-19(27-17)20(23)26-14(2)25-18;/h4-8,11-12,28H,1-3H3,(H2,23,25,26);1H2/t22-;/m0./s1. The third-order valence-electron chi connectivity index (χ3n) is 4.33. The van der Waals surface area contributed by atoms with Crippen LogP contribution in [0.4, 0.5) is 5.82 Å². The predicted molar refractivity (Wildman–Crippen MR) is 126 cm³/mol. The van der Waals surface area contributed by atoms with Gasteiger partial charge in [0.05, 0.1) is 11.2 Å². The Bertz CT molecular complexity index is 1290. The van der Waals surface area contributed by atoms with Gasteiger partial charge in [-0.3, -0.25) is 0 Å².